The van der Waals surface area contributed by atoms with Crippen LogP contribution in [0.15, 0.2) is 42.9 Å². The number of likely N-dealkylation sites (tertiary alicyclic amines) is 1. The molecule has 2 aliphatic heterocycles. The first-order chi connectivity index (χ1) is 26.5. The number of carbonyl (C=O) groups excluding carboxylic acids is 2. The number of rotatable bonds is 8. The van der Waals surface area contributed by atoms with Crippen molar-refractivity contribution < 1.29 is 46.9 Å². The zero-order valence-corrected chi connectivity index (χ0v) is 31.7. The van der Waals surface area contributed by atoms with Crippen LogP contribution in [0.3, 0.4) is 0 Å². The molecule has 3 N–H and O–H groups in total. The molecule has 56 heavy (non-hydrogen) atoms. The van der Waals surface area contributed by atoms with Gasteiger partial charge in [-0.15, -0.1) is 0 Å². The molecule has 4 aromatic rings. The highest BCUT2D eigenvalue weighted by molar-refractivity contribution is 6.15. The molecule has 0 bridgehead atoms. The van der Waals surface area contributed by atoms with E-state index in [1.807, 2.05) is 24.6 Å². The summed E-state index contributed by atoms with van der Waals surface area (Å²) >= 11 is 0. The molecule has 17 heteroatoms. The SMILES string of the molecule is CCN1CCC(Oc2ccc(NC(=O)Nc3ccc(-c4cn(C5CC5)c5ncnc(N(C(=O)O)C(=O)OC(C)(C)C)c45)c4c3OC(C)C4)cc2C(F)(F)F)CC1. The number of fused-ring (bicyclic) bond motifs is 2. The molecule has 2 aromatic heterocycles. The highest BCUT2D eigenvalue weighted by atomic mass is 19.4. The normalized spacial score (nSPS) is 17.6. The molecule has 4 amide bonds. The molecule has 4 heterocycles. The van der Waals surface area contributed by atoms with E-state index < -0.39 is 35.6 Å². The van der Waals surface area contributed by atoms with E-state index in [1.54, 1.807) is 32.9 Å². The van der Waals surface area contributed by atoms with Crippen molar-refractivity contribution in [1.82, 2.24) is 19.4 Å². The zero-order valence-electron chi connectivity index (χ0n) is 31.7. The Morgan fingerprint density at radius 2 is 1.75 bits per heavy atom. The Labute approximate surface area is 320 Å². The van der Waals surface area contributed by atoms with Gasteiger partial charge in [-0.3, -0.25) is 0 Å². The number of benzene rings is 2. The number of nitrogens with one attached hydrogen (secondary N) is 2. The minimum absolute atomic E-state index is 0.0843. The Hall–Kier alpha value is -5.58. The summed E-state index contributed by atoms with van der Waals surface area (Å²) < 4.78 is 62.0. The van der Waals surface area contributed by atoms with Crippen molar-refractivity contribution in [1.29, 1.82) is 0 Å². The molecule has 7 rings (SSSR count). The number of halogens is 3. The number of nitrogens with zero attached hydrogens (tertiary/aromatic N) is 5. The van der Waals surface area contributed by atoms with E-state index in [0.717, 1.165) is 38.5 Å². The molecule has 298 valence electrons. The number of hydrogen-bond acceptors (Lipinski definition) is 9. The van der Waals surface area contributed by atoms with Gasteiger partial charge in [0.2, 0.25) is 0 Å². The maximum Gasteiger partial charge on any atom is 0.425 e. The first-order valence-electron chi connectivity index (χ1n) is 18.6. The lowest BCUT2D eigenvalue weighted by atomic mass is 9.96. The van der Waals surface area contributed by atoms with Gasteiger partial charge >= 0.3 is 24.4 Å². The van der Waals surface area contributed by atoms with E-state index in [4.69, 9.17) is 14.2 Å². The Kier molecular flexibility index (Phi) is 10.2. The predicted molar refractivity (Wildman–Crippen MR) is 202 cm³/mol. The van der Waals surface area contributed by atoms with E-state index >= 15 is 0 Å². The molecule has 0 spiro atoms. The number of imide groups is 1. The Morgan fingerprint density at radius 1 is 1.02 bits per heavy atom. The predicted octanol–water partition coefficient (Wildman–Crippen LogP) is 8.70. The number of ether oxygens (including phenoxy) is 3. The number of hydrogen-bond donors (Lipinski definition) is 3. The standard InChI is InChI=1S/C39H44F3N7O7/c1-6-47-15-13-24(14-16-47)55-30-12-7-22(18-28(30)39(40,41)42)45-35(50)46-29-11-10-25(26-17-21(2)54-32(26)29)27-19-48(23-8-9-23)33-31(27)34(44-20-43-33)49(36(51)52)37(53)56-38(3,4)5/h7,10-12,18-21,23-24H,6,8-9,13-17H2,1-5H3,(H,51,52)(H2,45,46,50). The molecule has 1 aliphatic carbocycles. The summed E-state index contributed by atoms with van der Waals surface area (Å²) in [6.45, 7) is 11.1. The van der Waals surface area contributed by atoms with Crippen LogP contribution in [0, 0.1) is 0 Å². The smallest absolute Gasteiger partial charge is 0.425 e. The first-order valence-corrected chi connectivity index (χ1v) is 18.6. The van der Waals surface area contributed by atoms with Crippen LogP contribution in [-0.2, 0) is 17.3 Å². The third-order valence-electron chi connectivity index (χ3n) is 9.94. The van der Waals surface area contributed by atoms with E-state index in [1.165, 1.54) is 18.5 Å². The Balaban J connectivity index is 1.19. The van der Waals surface area contributed by atoms with Crippen LogP contribution >= 0.6 is 0 Å². The van der Waals surface area contributed by atoms with Gasteiger partial charge in [0.15, 0.2) is 5.82 Å². The summed E-state index contributed by atoms with van der Waals surface area (Å²) in [6.07, 6.45) is -1.66. The van der Waals surface area contributed by atoms with Gasteiger partial charge in [-0.25, -0.2) is 24.4 Å². The van der Waals surface area contributed by atoms with Crippen molar-refractivity contribution in [3.8, 4) is 22.6 Å². The minimum Gasteiger partial charge on any atom is -0.490 e. The summed E-state index contributed by atoms with van der Waals surface area (Å²) in [5.41, 5.74) is 0.495. The number of alkyl halides is 3. The van der Waals surface area contributed by atoms with Gasteiger partial charge in [-0.2, -0.15) is 18.1 Å². The van der Waals surface area contributed by atoms with Crippen LogP contribution in [0.4, 0.5) is 44.7 Å². The van der Waals surface area contributed by atoms with Crippen molar-refractivity contribution in [3.05, 3.63) is 54.0 Å². The van der Waals surface area contributed by atoms with Crippen LogP contribution in [0.25, 0.3) is 22.2 Å². The van der Waals surface area contributed by atoms with Gasteiger partial charge in [-0.05, 0) is 89.8 Å². The molecule has 1 unspecified atom stereocenters. The fourth-order valence-electron chi connectivity index (χ4n) is 7.22. The molecule has 14 nitrogen and oxygen atoms in total. The number of anilines is 3. The van der Waals surface area contributed by atoms with E-state index in [-0.39, 0.29) is 41.2 Å². The lowest BCUT2D eigenvalue weighted by molar-refractivity contribution is -0.139. The summed E-state index contributed by atoms with van der Waals surface area (Å²) in [7, 11) is 0. The number of aromatic nitrogens is 3. The number of piperidine rings is 1. The minimum atomic E-state index is -4.73. The average molecular weight is 780 g/mol. The van der Waals surface area contributed by atoms with Crippen molar-refractivity contribution in [2.24, 2.45) is 0 Å². The number of carbonyl (C=O) groups is 3. The van der Waals surface area contributed by atoms with Crippen molar-refractivity contribution in [3.63, 3.8) is 0 Å². The van der Waals surface area contributed by atoms with Gasteiger partial charge in [0.1, 0.15) is 41.3 Å². The molecule has 2 fully saturated rings. The lowest BCUT2D eigenvalue weighted by Gasteiger charge is -2.31. The molecule has 0 radical (unpaired) electrons. The second-order valence-corrected chi connectivity index (χ2v) is 15.3. The van der Waals surface area contributed by atoms with E-state index in [9.17, 15) is 32.7 Å². The molecule has 3 aliphatic rings. The summed E-state index contributed by atoms with van der Waals surface area (Å²) in [5, 5.41) is 15.8. The second-order valence-electron chi connectivity index (χ2n) is 15.3. The van der Waals surface area contributed by atoms with Gasteiger partial charge in [0, 0.05) is 48.6 Å². The highest BCUT2D eigenvalue weighted by Crippen LogP contribution is 2.48. The molecular formula is C39H44F3N7O7. The zero-order chi connectivity index (χ0) is 40.1. The maximum atomic E-state index is 14.2. The van der Waals surface area contributed by atoms with Gasteiger partial charge in [0.25, 0.3) is 0 Å². The third-order valence-corrected chi connectivity index (χ3v) is 9.94. The fraction of sp³-hybridized carbons (Fsp3) is 0.462. The molecule has 1 atom stereocenters. The van der Waals surface area contributed by atoms with Crippen LogP contribution < -0.4 is 25.0 Å². The van der Waals surface area contributed by atoms with Crippen molar-refractivity contribution >= 4 is 46.4 Å². The number of urea groups is 1. The third kappa shape index (κ3) is 8.03. The fourth-order valence-corrected chi connectivity index (χ4v) is 7.22. The number of carboxylic acid groups (broad SMARTS) is 1. The van der Waals surface area contributed by atoms with E-state index in [2.05, 4.69) is 25.5 Å². The van der Waals surface area contributed by atoms with E-state index in [0.29, 0.717) is 57.6 Å². The highest BCUT2D eigenvalue weighted by Gasteiger charge is 2.38. The number of amides is 4. The van der Waals surface area contributed by atoms with Crippen LogP contribution in [-0.4, -0.2) is 80.2 Å². The monoisotopic (exact) mass is 779 g/mol. The van der Waals surface area contributed by atoms with Gasteiger partial charge in [0.05, 0.1) is 16.6 Å². The van der Waals surface area contributed by atoms with Crippen LogP contribution in [0.5, 0.6) is 11.5 Å². The maximum absolute atomic E-state index is 14.2. The van der Waals surface area contributed by atoms with Gasteiger partial charge < -0.3 is 39.4 Å². The van der Waals surface area contributed by atoms with Crippen LogP contribution in [0.1, 0.15) is 77.5 Å². The molecule has 1 saturated carbocycles. The second kappa shape index (κ2) is 14.8. The summed E-state index contributed by atoms with van der Waals surface area (Å²) in [5.74, 6) is -0.125. The topological polar surface area (TPSA) is 160 Å². The quantitative estimate of drug-likeness (QED) is 0.158. The lowest BCUT2D eigenvalue weighted by Crippen LogP contribution is -2.40. The first kappa shape index (κ1) is 38.7. The van der Waals surface area contributed by atoms with Crippen molar-refractivity contribution in [2.45, 2.75) is 96.7 Å². The molecule has 2 aromatic carbocycles. The van der Waals surface area contributed by atoms with Crippen molar-refractivity contribution in [2.75, 3.05) is 35.2 Å². The van der Waals surface area contributed by atoms with Crippen LogP contribution in [0.2, 0.25) is 0 Å². The molecule has 1 saturated heterocycles. The van der Waals surface area contributed by atoms with Gasteiger partial charge in [-0.1, -0.05) is 13.0 Å². The Morgan fingerprint density at radius 3 is 2.39 bits per heavy atom. The largest absolute Gasteiger partial charge is 0.490 e. The summed E-state index contributed by atoms with van der Waals surface area (Å²) in [6, 6.07) is 6.09. The summed E-state index contributed by atoms with van der Waals surface area (Å²) in [4.78, 5) is 50.6. The molecular weight excluding hydrogens is 735 g/mol. The average Bonchev–Trinajstić information content (AvgIpc) is 3.77. The Bertz CT molecular complexity index is 2170.